The zero-order chi connectivity index (χ0) is 20.9. The molecule has 1 aromatic carbocycles. The molecule has 2 aliphatic heterocycles. The predicted octanol–water partition coefficient (Wildman–Crippen LogP) is 1.64. The van der Waals surface area contributed by atoms with Crippen molar-refractivity contribution in [1.82, 2.24) is 14.5 Å². The van der Waals surface area contributed by atoms with Crippen LogP contribution in [0.2, 0.25) is 5.02 Å². The Kier molecular flexibility index (Phi) is 7.79. The number of rotatable bonds is 7. The Labute approximate surface area is 179 Å². The minimum atomic E-state index is -3.15. The highest BCUT2D eigenvalue weighted by Crippen LogP contribution is 2.20. The number of carbonyl (C=O) groups is 1. The van der Waals surface area contributed by atoms with E-state index in [2.05, 4.69) is 27.2 Å². The van der Waals surface area contributed by atoms with E-state index >= 15 is 0 Å². The first-order valence-electron chi connectivity index (χ1n) is 10.3. The Balaban J connectivity index is 1.29. The standard InChI is InChI=1S/C20H31ClN4O3S/c1-29(27,28)25-11-7-17(8-12-25)20(26)22-9-2-10-23-13-15-24(16-14-23)19-5-3-18(21)4-6-19/h3-6,17H,2,7-16H2,1H3,(H,22,26). The number of piperazine rings is 1. The number of amides is 1. The van der Waals surface area contributed by atoms with E-state index in [1.807, 2.05) is 12.1 Å². The van der Waals surface area contributed by atoms with Crippen LogP contribution in [0.3, 0.4) is 0 Å². The fourth-order valence-electron chi connectivity index (χ4n) is 3.99. The van der Waals surface area contributed by atoms with E-state index in [9.17, 15) is 13.2 Å². The van der Waals surface area contributed by atoms with Gasteiger partial charge in [0, 0.05) is 62.4 Å². The number of piperidine rings is 1. The lowest BCUT2D eigenvalue weighted by Gasteiger charge is -2.36. The summed E-state index contributed by atoms with van der Waals surface area (Å²) in [6, 6.07) is 7.98. The van der Waals surface area contributed by atoms with Crippen LogP contribution in [0.5, 0.6) is 0 Å². The van der Waals surface area contributed by atoms with Crippen LogP contribution < -0.4 is 10.2 Å². The first kappa shape index (κ1) is 22.3. The average molecular weight is 443 g/mol. The second kappa shape index (κ2) is 10.1. The fraction of sp³-hybridized carbons (Fsp3) is 0.650. The molecule has 9 heteroatoms. The van der Waals surface area contributed by atoms with Crippen LogP contribution in [0.15, 0.2) is 24.3 Å². The lowest BCUT2D eigenvalue weighted by molar-refractivity contribution is -0.126. The molecule has 0 aliphatic carbocycles. The predicted molar refractivity (Wildman–Crippen MR) is 117 cm³/mol. The second-order valence-corrected chi connectivity index (χ2v) is 10.3. The maximum atomic E-state index is 12.3. The highest BCUT2D eigenvalue weighted by atomic mass is 35.5. The minimum Gasteiger partial charge on any atom is -0.369 e. The van der Waals surface area contributed by atoms with Crippen molar-refractivity contribution in [3.63, 3.8) is 0 Å². The summed E-state index contributed by atoms with van der Waals surface area (Å²) in [7, 11) is -3.15. The summed E-state index contributed by atoms with van der Waals surface area (Å²) in [5.41, 5.74) is 1.21. The summed E-state index contributed by atoms with van der Waals surface area (Å²) < 4.78 is 24.6. The molecule has 29 heavy (non-hydrogen) atoms. The third-order valence-corrected chi connectivity index (χ3v) is 7.36. The molecule has 0 spiro atoms. The lowest BCUT2D eigenvalue weighted by atomic mass is 9.97. The monoisotopic (exact) mass is 442 g/mol. The van der Waals surface area contributed by atoms with Crippen molar-refractivity contribution in [3.05, 3.63) is 29.3 Å². The van der Waals surface area contributed by atoms with Crippen LogP contribution in [0, 0.1) is 5.92 Å². The number of benzene rings is 1. The Hall–Kier alpha value is -1.35. The highest BCUT2D eigenvalue weighted by molar-refractivity contribution is 7.88. The van der Waals surface area contributed by atoms with Gasteiger partial charge in [-0.05, 0) is 50.1 Å². The second-order valence-electron chi connectivity index (χ2n) is 7.89. The number of hydrogen-bond donors (Lipinski definition) is 1. The smallest absolute Gasteiger partial charge is 0.223 e. The molecule has 0 atom stereocenters. The van der Waals surface area contributed by atoms with Gasteiger partial charge in [-0.25, -0.2) is 12.7 Å². The van der Waals surface area contributed by atoms with Gasteiger partial charge in [0.25, 0.3) is 0 Å². The van der Waals surface area contributed by atoms with E-state index in [1.165, 1.54) is 16.2 Å². The van der Waals surface area contributed by atoms with Crippen molar-refractivity contribution in [2.45, 2.75) is 19.3 Å². The molecule has 0 bridgehead atoms. The van der Waals surface area contributed by atoms with Gasteiger partial charge < -0.3 is 10.2 Å². The zero-order valence-electron chi connectivity index (χ0n) is 17.0. The summed E-state index contributed by atoms with van der Waals surface area (Å²) in [5, 5.41) is 3.79. The van der Waals surface area contributed by atoms with Crippen molar-refractivity contribution < 1.29 is 13.2 Å². The van der Waals surface area contributed by atoms with Crippen LogP contribution in [-0.2, 0) is 14.8 Å². The molecule has 0 radical (unpaired) electrons. The van der Waals surface area contributed by atoms with Crippen molar-refractivity contribution >= 4 is 33.2 Å². The molecule has 2 aliphatic rings. The molecule has 0 unspecified atom stereocenters. The average Bonchev–Trinajstić information content (AvgIpc) is 2.71. The number of nitrogens with one attached hydrogen (secondary N) is 1. The van der Waals surface area contributed by atoms with E-state index in [0.717, 1.165) is 44.2 Å². The summed E-state index contributed by atoms with van der Waals surface area (Å²) in [6.07, 6.45) is 3.36. The molecule has 0 saturated carbocycles. The van der Waals surface area contributed by atoms with Gasteiger partial charge in [-0.2, -0.15) is 0 Å². The molecule has 2 heterocycles. The van der Waals surface area contributed by atoms with Crippen LogP contribution in [0.25, 0.3) is 0 Å². The van der Waals surface area contributed by atoms with Crippen molar-refractivity contribution in [2.75, 3.05) is 63.5 Å². The normalized spacial score (nSPS) is 20.0. The van der Waals surface area contributed by atoms with Gasteiger partial charge in [-0.15, -0.1) is 0 Å². The fourth-order valence-corrected chi connectivity index (χ4v) is 4.99. The number of anilines is 1. The molecule has 1 N–H and O–H groups in total. The molecule has 7 nitrogen and oxygen atoms in total. The highest BCUT2D eigenvalue weighted by Gasteiger charge is 2.28. The van der Waals surface area contributed by atoms with Crippen LogP contribution in [0.1, 0.15) is 19.3 Å². The number of carbonyl (C=O) groups excluding carboxylic acids is 1. The molecule has 1 aromatic rings. The first-order valence-corrected chi connectivity index (χ1v) is 12.5. The van der Waals surface area contributed by atoms with Crippen molar-refractivity contribution in [3.8, 4) is 0 Å². The van der Waals surface area contributed by atoms with E-state index < -0.39 is 10.0 Å². The molecule has 2 saturated heterocycles. The maximum absolute atomic E-state index is 12.3. The number of hydrogen-bond acceptors (Lipinski definition) is 5. The van der Waals surface area contributed by atoms with Gasteiger partial charge in [0.15, 0.2) is 0 Å². The Bertz CT molecular complexity index is 771. The maximum Gasteiger partial charge on any atom is 0.223 e. The largest absolute Gasteiger partial charge is 0.369 e. The molecule has 3 rings (SSSR count). The molecule has 162 valence electrons. The third kappa shape index (κ3) is 6.57. The van der Waals surface area contributed by atoms with E-state index in [4.69, 9.17) is 11.6 Å². The topological polar surface area (TPSA) is 73.0 Å². The van der Waals surface area contributed by atoms with Gasteiger partial charge in [-0.1, -0.05) is 11.6 Å². The van der Waals surface area contributed by atoms with Gasteiger partial charge in [0.05, 0.1) is 6.26 Å². The number of sulfonamides is 1. The van der Waals surface area contributed by atoms with Crippen molar-refractivity contribution in [1.29, 1.82) is 0 Å². The molecule has 1 amide bonds. The van der Waals surface area contributed by atoms with Crippen LogP contribution in [-0.4, -0.2) is 82.1 Å². The Morgan fingerprint density at radius 3 is 2.28 bits per heavy atom. The van der Waals surface area contributed by atoms with Crippen LogP contribution >= 0.6 is 11.6 Å². The van der Waals surface area contributed by atoms with Crippen LogP contribution in [0.4, 0.5) is 5.69 Å². The van der Waals surface area contributed by atoms with E-state index in [-0.39, 0.29) is 11.8 Å². The van der Waals surface area contributed by atoms with Gasteiger partial charge in [-0.3, -0.25) is 9.69 Å². The Morgan fingerprint density at radius 1 is 1.07 bits per heavy atom. The van der Waals surface area contributed by atoms with Gasteiger partial charge >= 0.3 is 0 Å². The van der Waals surface area contributed by atoms with Gasteiger partial charge in [0.2, 0.25) is 15.9 Å². The van der Waals surface area contributed by atoms with E-state index in [1.54, 1.807) is 0 Å². The molecule has 2 fully saturated rings. The molecule has 0 aromatic heterocycles. The first-order chi connectivity index (χ1) is 13.8. The Morgan fingerprint density at radius 2 is 1.69 bits per heavy atom. The SMILES string of the molecule is CS(=O)(=O)N1CCC(C(=O)NCCCN2CCN(c3ccc(Cl)cc3)CC2)CC1. The number of halogens is 1. The summed E-state index contributed by atoms with van der Waals surface area (Å²) in [4.78, 5) is 17.1. The summed E-state index contributed by atoms with van der Waals surface area (Å²) in [6.45, 7) is 6.54. The lowest BCUT2D eigenvalue weighted by Crippen LogP contribution is -2.47. The summed E-state index contributed by atoms with van der Waals surface area (Å²) >= 11 is 5.96. The minimum absolute atomic E-state index is 0.0608. The van der Waals surface area contributed by atoms with E-state index in [0.29, 0.717) is 32.5 Å². The third-order valence-electron chi connectivity index (χ3n) is 5.81. The molecular formula is C20H31ClN4O3S. The quantitative estimate of drug-likeness (QED) is 0.650. The number of nitrogens with zero attached hydrogens (tertiary/aromatic N) is 3. The summed E-state index contributed by atoms with van der Waals surface area (Å²) in [5.74, 6) is -0.0124. The zero-order valence-corrected chi connectivity index (χ0v) is 18.6. The van der Waals surface area contributed by atoms with Crippen molar-refractivity contribution in [2.24, 2.45) is 5.92 Å². The van der Waals surface area contributed by atoms with Gasteiger partial charge in [0.1, 0.15) is 0 Å². The molecular weight excluding hydrogens is 412 g/mol.